The van der Waals surface area contributed by atoms with Crippen LogP contribution in [0.4, 0.5) is 5.69 Å². The van der Waals surface area contributed by atoms with Gasteiger partial charge >= 0.3 is 0 Å². The van der Waals surface area contributed by atoms with E-state index < -0.39 is 0 Å². The van der Waals surface area contributed by atoms with Gasteiger partial charge in [0.1, 0.15) is 0 Å². The molecular formula is C13H15N3O. The van der Waals surface area contributed by atoms with Crippen LogP contribution in [0.3, 0.4) is 0 Å². The van der Waals surface area contributed by atoms with Crippen LogP contribution < -0.4 is 10.6 Å². The first-order chi connectivity index (χ1) is 8.13. The minimum Gasteiger partial charge on any atom is -0.329 e. The van der Waals surface area contributed by atoms with Gasteiger partial charge in [-0.25, -0.2) is 0 Å². The highest BCUT2D eigenvalue weighted by atomic mass is 16.2. The van der Waals surface area contributed by atoms with Crippen molar-refractivity contribution in [1.29, 1.82) is 5.26 Å². The Morgan fingerprint density at radius 1 is 1.47 bits per heavy atom. The second-order valence-corrected chi connectivity index (χ2v) is 4.51. The molecule has 0 radical (unpaired) electrons. The lowest BCUT2D eigenvalue weighted by Gasteiger charge is -2.22. The Kier molecular flexibility index (Phi) is 2.86. The molecular weight excluding hydrogens is 214 g/mol. The van der Waals surface area contributed by atoms with E-state index in [0.29, 0.717) is 12.1 Å². The Morgan fingerprint density at radius 3 is 2.47 bits per heavy atom. The van der Waals surface area contributed by atoms with Crippen molar-refractivity contribution in [2.45, 2.75) is 12.8 Å². The molecule has 0 spiro atoms. The number of nitriles is 1. The van der Waals surface area contributed by atoms with Gasteiger partial charge in [-0.1, -0.05) is 0 Å². The molecule has 1 fully saturated rings. The fraction of sp³-hybridized carbons (Fsp3) is 0.385. The van der Waals surface area contributed by atoms with Gasteiger partial charge in [0.25, 0.3) is 0 Å². The summed E-state index contributed by atoms with van der Waals surface area (Å²) in [4.78, 5) is 13.8. The third-order valence-corrected chi connectivity index (χ3v) is 3.39. The minimum absolute atomic E-state index is 0.0738. The van der Waals surface area contributed by atoms with Gasteiger partial charge in [0.05, 0.1) is 17.0 Å². The first-order valence-electron chi connectivity index (χ1n) is 5.61. The van der Waals surface area contributed by atoms with Crippen molar-refractivity contribution >= 4 is 11.6 Å². The molecule has 1 aromatic carbocycles. The Hall–Kier alpha value is -1.86. The van der Waals surface area contributed by atoms with Crippen LogP contribution in [0.25, 0.3) is 0 Å². The molecule has 0 saturated heterocycles. The van der Waals surface area contributed by atoms with Gasteiger partial charge in [-0.05, 0) is 37.1 Å². The average Bonchev–Trinajstić information content (AvgIpc) is 3.18. The standard InChI is InChI=1S/C13H15N3O/c1-16(12(17)13(9-15)6-7-13)11-4-2-10(8-14)3-5-11/h2-5H,6-7,9,15H2,1H3. The van der Waals surface area contributed by atoms with E-state index in [-0.39, 0.29) is 11.3 Å². The van der Waals surface area contributed by atoms with Crippen molar-refractivity contribution in [2.75, 3.05) is 18.5 Å². The molecule has 1 amide bonds. The van der Waals surface area contributed by atoms with Crippen molar-refractivity contribution in [3.05, 3.63) is 29.8 Å². The third-order valence-electron chi connectivity index (χ3n) is 3.39. The molecule has 4 nitrogen and oxygen atoms in total. The number of carbonyl (C=O) groups excluding carboxylic acids is 1. The average molecular weight is 229 g/mol. The molecule has 0 aromatic heterocycles. The van der Waals surface area contributed by atoms with Crippen molar-refractivity contribution in [1.82, 2.24) is 0 Å². The second kappa shape index (κ2) is 4.19. The number of nitrogens with two attached hydrogens (primary N) is 1. The molecule has 1 saturated carbocycles. The van der Waals surface area contributed by atoms with Crippen LogP contribution in [-0.2, 0) is 4.79 Å². The molecule has 0 aliphatic heterocycles. The summed E-state index contributed by atoms with van der Waals surface area (Å²) < 4.78 is 0. The Balaban J connectivity index is 2.17. The fourth-order valence-corrected chi connectivity index (χ4v) is 1.89. The molecule has 0 bridgehead atoms. The lowest BCUT2D eigenvalue weighted by molar-refractivity contribution is -0.123. The molecule has 2 N–H and O–H groups in total. The molecule has 1 aliphatic carbocycles. The van der Waals surface area contributed by atoms with Gasteiger partial charge in [-0.3, -0.25) is 4.79 Å². The summed E-state index contributed by atoms with van der Waals surface area (Å²) >= 11 is 0. The molecule has 17 heavy (non-hydrogen) atoms. The van der Waals surface area contributed by atoms with Crippen molar-refractivity contribution < 1.29 is 4.79 Å². The lowest BCUT2D eigenvalue weighted by atomic mass is 10.1. The quantitative estimate of drug-likeness (QED) is 0.848. The zero-order chi connectivity index (χ0) is 12.5. The summed E-state index contributed by atoms with van der Waals surface area (Å²) in [6, 6.07) is 9.03. The molecule has 1 aromatic rings. The molecule has 2 rings (SSSR count). The first kappa shape index (κ1) is 11.6. The van der Waals surface area contributed by atoms with Crippen LogP contribution in [0.2, 0.25) is 0 Å². The zero-order valence-electron chi connectivity index (χ0n) is 9.81. The van der Waals surface area contributed by atoms with Crippen LogP contribution in [0.15, 0.2) is 24.3 Å². The fourth-order valence-electron chi connectivity index (χ4n) is 1.89. The molecule has 0 heterocycles. The van der Waals surface area contributed by atoms with Gasteiger partial charge in [0.2, 0.25) is 5.91 Å². The van der Waals surface area contributed by atoms with Crippen LogP contribution in [0.1, 0.15) is 18.4 Å². The zero-order valence-corrected chi connectivity index (χ0v) is 9.81. The predicted octanol–water partition coefficient (Wildman–Crippen LogP) is 1.26. The summed E-state index contributed by atoms with van der Waals surface area (Å²) in [6.45, 7) is 0.409. The topological polar surface area (TPSA) is 70.1 Å². The smallest absolute Gasteiger partial charge is 0.234 e. The van der Waals surface area contributed by atoms with Gasteiger partial charge in [0, 0.05) is 19.3 Å². The number of anilines is 1. The largest absolute Gasteiger partial charge is 0.329 e. The normalized spacial score (nSPS) is 16.1. The van der Waals surface area contributed by atoms with E-state index in [4.69, 9.17) is 11.0 Å². The van der Waals surface area contributed by atoms with E-state index in [2.05, 4.69) is 6.07 Å². The van der Waals surface area contributed by atoms with E-state index >= 15 is 0 Å². The first-order valence-corrected chi connectivity index (χ1v) is 5.61. The van der Waals surface area contributed by atoms with Gasteiger partial charge < -0.3 is 10.6 Å². The van der Waals surface area contributed by atoms with Crippen molar-refractivity contribution in [2.24, 2.45) is 11.1 Å². The molecule has 88 valence electrons. The maximum Gasteiger partial charge on any atom is 0.234 e. The van der Waals surface area contributed by atoms with Crippen LogP contribution in [0, 0.1) is 16.7 Å². The van der Waals surface area contributed by atoms with Crippen molar-refractivity contribution in [3.63, 3.8) is 0 Å². The third kappa shape index (κ3) is 2.02. The number of hydrogen-bond donors (Lipinski definition) is 1. The minimum atomic E-state index is -0.331. The number of nitrogens with zero attached hydrogens (tertiary/aromatic N) is 2. The van der Waals surface area contributed by atoms with Crippen LogP contribution >= 0.6 is 0 Å². The predicted molar refractivity (Wildman–Crippen MR) is 65.3 cm³/mol. The summed E-state index contributed by atoms with van der Waals surface area (Å²) in [5.41, 5.74) is 6.70. The summed E-state index contributed by atoms with van der Waals surface area (Å²) in [5, 5.41) is 8.71. The summed E-state index contributed by atoms with van der Waals surface area (Å²) in [6.07, 6.45) is 1.76. The van der Waals surface area contributed by atoms with Gasteiger partial charge in [0.15, 0.2) is 0 Å². The van der Waals surface area contributed by atoms with E-state index in [1.54, 1.807) is 36.2 Å². The maximum absolute atomic E-state index is 12.2. The Morgan fingerprint density at radius 2 is 2.06 bits per heavy atom. The van der Waals surface area contributed by atoms with E-state index in [9.17, 15) is 4.79 Å². The molecule has 1 aliphatic rings. The highest BCUT2D eigenvalue weighted by Gasteiger charge is 2.50. The SMILES string of the molecule is CN(C(=O)C1(CN)CC1)c1ccc(C#N)cc1. The number of amides is 1. The Labute approximate surface area is 101 Å². The summed E-state index contributed by atoms with van der Waals surface area (Å²) in [7, 11) is 1.75. The van der Waals surface area contributed by atoms with Gasteiger partial charge in [-0.15, -0.1) is 0 Å². The highest BCUT2D eigenvalue weighted by molar-refractivity contribution is 5.99. The number of hydrogen-bond acceptors (Lipinski definition) is 3. The number of carbonyl (C=O) groups is 1. The van der Waals surface area contributed by atoms with E-state index in [1.807, 2.05) is 0 Å². The van der Waals surface area contributed by atoms with E-state index in [0.717, 1.165) is 18.5 Å². The van der Waals surface area contributed by atoms with Crippen LogP contribution in [-0.4, -0.2) is 19.5 Å². The summed E-state index contributed by atoms with van der Waals surface area (Å²) in [5.74, 6) is 0.0738. The monoisotopic (exact) mass is 229 g/mol. The molecule has 0 atom stereocenters. The van der Waals surface area contributed by atoms with Gasteiger partial charge in [-0.2, -0.15) is 5.26 Å². The molecule has 0 unspecified atom stereocenters. The van der Waals surface area contributed by atoms with Crippen molar-refractivity contribution in [3.8, 4) is 6.07 Å². The second-order valence-electron chi connectivity index (χ2n) is 4.51. The number of rotatable bonds is 3. The number of benzene rings is 1. The molecule has 4 heteroatoms. The highest BCUT2D eigenvalue weighted by Crippen LogP contribution is 2.46. The lowest BCUT2D eigenvalue weighted by Crippen LogP contribution is -2.38. The Bertz CT molecular complexity index is 468. The maximum atomic E-state index is 12.2. The van der Waals surface area contributed by atoms with E-state index in [1.165, 1.54) is 0 Å². The van der Waals surface area contributed by atoms with Crippen LogP contribution in [0.5, 0.6) is 0 Å².